The maximum Gasteiger partial charge on any atom is 0.319 e. The molecule has 5 heteroatoms. The summed E-state index contributed by atoms with van der Waals surface area (Å²) in [4.78, 5) is 14.4. The van der Waals surface area contributed by atoms with Crippen LogP contribution in [-0.4, -0.2) is 19.7 Å². The van der Waals surface area contributed by atoms with Gasteiger partial charge in [-0.1, -0.05) is 54.2 Å². The van der Waals surface area contributed by atoms with Gasteiger partial charge in [-0.3, -0.25) is 0 Å². The molecule has 2 amide bonds. The fraction of sp³-hybridized carbons (Fsp3) is 0.136. The molecule has 0 aliphatic heterocycles. The summed E-state index contributed by atoms with van der Waals surface area (Å²) in [5, 5.41) is 5.85. The molecule has 0 unspecified atom stereocenters. The SMILES string of the molecule is COc1ccc(CCNC(=O)Nc2ccccc2Sc2ccccc2)cc1. The molecule has 4 nitrogen and oxygen atoms in total. The summed E-state index contributed by atoms with van der Waals surface area (Å²) in [5.74, 6) is 0.831. The molecule has 3 aromatic carbocycles. The maximum atomic E-state index is 12.3. The van der Waals surface area contributed by atoms with E-state index in [0.717, 1.165) is 33.2 Å². The number of carbonyl (C=O) groups excluding carboxylic acids is 1. The van der Waals surface area contributed by atoms with Gasteiger partial charge in [0.2, 0.25) is 0 Å². The van der Waals surface area contributed by atoms with Gasteiger partial charge in [0.1, 0.15) is 5.75 Å². The third-order valence-electron chi connectivity index (χ3n) is 3.96. The number of nitrogens with one attached hydrogen (secondary N) is 2. The molecular weight excluding hydrogens is 356 g/mol. The lowest BCUT2D eigenvalue weighted by Gasteiger charge is -2.12. The number of methoxy groups -OCH3 is 1. The fourth-order valence-corrected chi connectivity index (χ4v) is 3.48. The smallest absolute Gasteiger partial charge is 0.319 e. The highest BCUT2D eigenvalue weighted by Crippen LogP contribution is 2.33. The molecule has 0 aliphatic carbocycles. The van der Waals surface area contributed by atoms with E-state index in [1.54, 1.807) is 18.9 Å². The van der Waals surface area contributed by atoms with Crippen molar-refractivity contribution >= 4 is 23.5 Å². The number of amides is 2. The molecule has 138 valence electrons. The van der Waals surface area contributed by atoms with Crippen LogP contribution in [0.25, 0.3) is 0 Å². The Bertz CT molecular complexity index is 867. The van der Waals surface area contributed by atoms with Crippen molar-refractivity contribution in [3.63, 3.8) is 0 Å². The zero-order valence-corrected chi connectivity index (χ0v) is 16.0. The molecule has 0 atom stereocenters. The van der Waals surface area contributed by atoms with Gasteiger partial charge in [-0.25, -0.2) is 4.79 Å². The van der Waals surface area contributed by atoms with E-state index in [1.165, 1.54) is 0 Å². The van der Waals surface area contributed by atoms with E-state index in [4.69, 9.17) is 4.74 Å². The van der Waals surface area contributed by atoms with Crippen LogP contribution in [0.1, 0.15) is 5.56 Å². The molecule has 27 heavy (non-hydrogen) atoms. The zero-order valence-electron chi connectivity index (χ0n) is 15.1. The summed E-state index contributed by atoms with van der Waals surface area (Å²) < 4.78 is 5.15. The van der Waals surface area contributed by atoms with Crippen molar-refractivity contribution in [1.82, 2.24) is 5.32 Å². The first kappa shape index (κ1) is 18.9. The van der Waals surface area contributed by atoms with Crippen molar-refractivity contribution in [2.45, 2.75) is 16.2 Å². The standard InChI is InChI=1S/C22H22N2O2S/c1-26-18-13-11-17(12-14-18)15-16-23-22(25)24-20-9-5-6-10-21(20)27-19-7-3-2-4-8-19/h2-14H,15-16H2,1H3,(H2,23,24,25). The predicted molar refractivity (Wildman–Crippen MR) is 111 cm³/mol. The Labute approximate surface area is 164 Å². The van der Waals surface area contributed by atoms with Gasteiger partial charge in [-0.2, -0.15) is 0 Å². The number of carbonyl (C=O) groups is 1. The minimum atomic E-state index is -0.204. The van der Waals surface area contributed by atoms with Gasteiger partial charge in [-0.05, 0) is 48.4 Å². The summed E-state index contributed by atoms with van der Waals surface area (Å²) in [6.07, 6.45) is 0.762. The zero-order chi connectivity index (χ0) is 18.9. The quantitative estimate of drug-likeness (QED) is 0.593. The molecule has 0 fully saturated rings. The second kappa shape index (κ2) is 9.69. The van der Waals surface area contributed by atoms with Crippen LogP contribution in [0.4, 0.5) is 10.5 Å². The van der Waals surface area contributed by atoms with E-state index in [1.807, 2.05) is 66.7 Å². The normalized spacial score (nSPS) is 10.3. The number of benzene rings is 3. The van der Waals surface area contributed by atoms with Crippen LogP contribution in [0.3, 0.4) is 0 Å². The van der Waals surface area contributed by atoms with Crippen LogP contribution in [0, 0.1) is 0 Å². The van der Waals surface area contributed by atoms with Gasteiger partial charge < -0.3 is 15.4 Å². The van der Waals surface area contributed by atoms with Gasteiger partial charge in [0.05, 0.1) is 12.8 Å². The van der Waals surface area contributed by atoms with Crippen molar-refractivity contribution < 1.29 is 9.53 Å². The van der Waals surface area contributed by atoms with E-state index in [9.17, 15) is 4.79 Å². The lowest BCUT2D eigenvalue weighted by atomic mass is 10.1. The van der Waals surface area contributed by atoms with Crippen LogP contribution in [0.2, 0.25) is 0 Å². The third kappa shape index (κ3) is 5.79. The van der Waals surface area contributed by atoms with Crippen molar-refractivity contribution in [3.8, 4) is 5.75 Å². The summed E-state index contributed by atoms with van der Waals surface area (Å²) in [6, 6.07) is 25.6. The largest absolute Gasteiger partial charge is 0.497 e. The average molecular weight is 378 g/mol. The van der Waals surface area contributed by atoms with Gasteiger partial charge >= 0.3 is 6.03 Å². The maximum absolute atomic E-state index is 12.3. The Morgan fingerprint density at radius 1 is 0.926 bits per heavy atom. The minimum Gasteiger partial charge on any atom is -0.497 e. The number of ether oxygens (including phenoxy) is 1. The Hall–Kier alpha value is -2.92. The predicted octanol–water partition coefficient (Wildman–Crippen LogP) is 5.21. The second-order valence-electron chi connectivity index (χ2n) is 5.89. The number of hydrogen-bond acceptors (Lipinski definition) is 3. The Morgan fingerprint density at radius 2 is 1.63 bits per heavy atom. The van der Waals surface area contributed by atoms with Crippen LogP contribution in [-0.2, 0) is 6.42 Å². The Kier molecular flexibility index (Phi) is 6.77. The van der Waals surface area contributed by atoms with Crippen LogP contribution in [0.5, 0.6) is 5.75 Å². The van der Waals surface area contributed by atoms with Crippen LogP contribution in [0.15, 0.2) is 88.7 Å². The molecule has 0 saturated carbocycles. The van der Waals surface area contributed by atoms with Crippen molar-refractivity contribution in [2.75, 3.05) is 19.0 Å². The van der Waals surface area contributed by atoms with E-state index in [-0.39, 0.29) is 6.03 Å². The molecule has 0 saturated heterocycles. The highest BCUT2D eigenvalue weighted by molar-refractivity contribution is 7.99. The van der Waals surface area contributed by atoms with E-state index >= 15 is 0 Å². The lowest BCUT2D eigenvalue weighted by Crippen LogP contribution is -2.30. The minimum absolute atomic E-state index is 0.204. The van der Waals surface area contributed by atoms with Gasteiger partial charge in [0.15, 0.2) is 0 Å². The molecule has 0 radical (unpaired) electrons. The molecule has 0 spiro atoms. The lowest BCUT2D eigenvalue weighted by molar-refractivity contribution is 0.252. The molecule has 3 rings (SSSR count). The first-order valence-corrected chi connectivity index (χ1v) is 9.56. The number of hydrogen-bond donors (Lipinski definition) is 2. The number of para-hydroxylation sites is 1. The molecule has 2 N–H and O–H groups in total. The van der Waals surface area contributed by atoms with Crippen LogP contribution >= 0.6 is 11.8 Å². The highest BCUT2D eigenvalue weighted by Gasteiger charge is 2.07. The van der Waals surface area contributed by atoms with E-state index < -0.39 is 0 Å². The Balaban J connectivity index is 1.53. The van der Waals surface area contributed by atoms with E-state index in [2.05, 4.69) is 22.8 Å². The fourth-order valence-electron chi connectivity index (χ4n) is 2.55. The molecule has 3 aromatic rings. The topological polar surface area (TPSA) is 50.4 Å². The van der Waals surface area contributed by atoms with Crippen molar-refractivity contribution in [2.24, 2.45) is 0 Å². The first-order chi connectivity index (χ1) is 13.2. The first-order valence-electron chi connectivity index (χ1n) is 8.74. The third-order valence-corrected chi connectivity index (χ3v) is 5.05. The molecule has 0 heterocycles. The number of rotatable bonds is 7. The highest BCUT2D eigenvalue weighted by atomic mass is 32.2. The monoisotopic (exact) mass is 378 g/mol. The summed E-state index contributed by atoms with van der Waals surface area (Å²) >= 11 is 1.63. The summed E-state index contributed by atoms with van der Waals surface area (Å²) in [5.41, 5.74) is 1.95. The van der Waals surface area contributed by atoms with Gasteiger partial charge in [0.25, 0.3) is 0 Å². The molecule has 0 aromatic heterocycles. The van der Waals surface area contributed by atoms with Crippen molar-refractivity contribution in [3.05, 3.63) is 84.4 Å². The molecular formula is C22H22N2O2S. The van der Waals surface area contributed by atoms with E-state index in [0.29, 0.717) is 6.54 Å². The summed E-state index contributed by atoms with van der Waals surface area (Å²) in [7, 11) is 1.65. The number of anilines is 1. The average Bonchev–Trinajstić information content (AvgIpc) is 2.71. The van der Waals surface area contributed by atoms with Crippen LogP contribution < -0.4 is 15.4 Å². The molecule has 0 bridgehead atoms. The Morgan fingerprint density at radius 3 is 2.37 bits per heavy atom. The molecule has 0 aliphatic rings. The van der Waals surface area contributed by atoms with Gasteiger partial charge in [0, 0.05) is 16.3 Å². The van der Waals surface area contributed by atoms with Gasteiger partial charge in [-0.15, -0.1) is 0 Å². The summed E-state index contributed by atoms with van der Waals surface area (Å²) in [6.45, 7) is 0.562. The number of urea groups is 1. The second-order valence-corrected chi connectivity index (χ2v) is 7.01. The van der Waals surface area contributed by atoms with Crippen molar-refractivity contribution in [1.29, 1.82) is 0 Å².